The van der Waals surface area contributed by atoms with Crippen molar-refractivity contribution in [3.8, 4) is 22.3 Å². The maximum Gasteiger partial charge on any atom is 0.269 e. The number of nitro benzene ring substituents is 2. The Morgan fingerprint density at radius 3 is 1.21 bits per heavy atom. The van der Waals surface area contributed by atoms with E-state index >= 15 is 0 Å². The summed E-state index contributed by atoms with van der Waals surface area (Å²) in [5, 5.41) is 24.3. The molecule has 2 saturated heterocycles. The molecule has 0 saturated carbocycles. The van der Waals surface area contributed by atoms with Gasteiger partial charge in [0.1, 0.15) is 0 Å². The van der Waals surface area contributed by atoms with Gasteiger partial charge in [-0.15, -0.1) is 0 Å². The van der Waals surface area contributed by atoms with E-state index in [0.29, 0.717) is 0 Å². The van der Waals surface area contributed by atoms with Crippen molar-refractivity contribution in [2.75, 3.05) is 36.0 Å². The molecule has 2 heterocycles. The molecule has 216 valence electrons. The maximum atomic E-state index is 12.1. The minimum atomic E-state index is -0.912. The molecule has 2 aliphatic heterocycles. The van der Waals surface area contributed by atoms with Crippen LogP contribution < -0.4 is 9.80 Å². The molecular formula is C35H32N4O4. The fourth-order valence-electron chi connectivity index (χ4n) is 8.10. The predicted octanol–water partition coefficient (Wildman–Crippen LogP) is 7.83. The van der Waals surface area contributed by atoms with Crippen LogP contribution in [0.2, 0.25) is 0 Å². The van der Waals surface area contributed by atoms with Crippen molar-refractivity contribution in [3.63, 3.8) is 0 Å². The minimum Gasteiger partial charge on any atom is -0.372 e. The number of nitrogens with zero attached hydrogens (tertiary/aromatic N) is 4. The normalized spacial score (nSPS) is 17.8. The second-order valence-electron chi connectivity index (χ2n) is 12.3. The molecule has 8 nitrogen and oxygen atoms in total. The molecule has 2 fully saturated rings. The van der Waals surface area contributed by atoms with Crippen molar-refractivity contribution >= 4 is 22.7 Å². The van der Waals surface area contributed by atoms with Gasteiger partial charge < -0.3 is 9.80 Å². The quantitative estimate of drug-likeness (QED) is 0.158. The Morgan fingerprint density at radius 1 is 0.488 bits per heavy atom. The molecule has 4 aromatic rings. The number of fused-ring (bicyclic) bond motifs is 10. The molecule has 0 aromatic heterocycles. The molecule has 43 heavy (non-hydrogen) atoms. The standard InChI is InChI=1S/C35H32N4O4/c40-38(41)25-9-13-29-27-11-7-23(36-15-3-1-4-16-36)19-31(27)35(33(29)21-25)32-20-24(37-17-5-2-6-18-37)8-12-28(32)30-14-10-26(39(42)43)22-34(30)35/h7-14,19-22H,1-6,15-18H2. The van der Waals surface area contributed by atoms with Gasteiger partial charge in [-0.2, -0.15) is 0 Å². The van der Waals surface area contributed by atoms with Crippen LogP contribution in [-0.4, -0.2) is 36.0 Å². The van der Waals surface area contributed by atoms with E-state index in [1.807, 2.05) is 12.1 Å². The van der Waals surface area contributed by atoms with Crippen LogP contribution >= 0.6 is 0 Å². The number of benzene rings is 4. The number of nitro groups is 2. The second-order valence-corrected chi connectivity index (χ2v) is 12.3. The molecule has 8 heteroatoms. The number of hydrogen-bond donors (Lipinski definition) is 0. The summed E-state index contributed by atoms with van der Waals surface area (Å²) in [6, 6.07) is 23.5. The molecule has 0 unspecified atom stereocenters. The average Bonchev–Trinajstić information content (AvgIpc) is 3.51. The first-order valence-corrected chi connectivity index (χ1v) is 15.3. The van der Waals surface area contributed by atoms with Crippen LogP contribution in [0.15, 0.2) is 72.8 Å². The summed E-state index contributed by atoms with van der Waals surface area (Å²) >= 11 is 0. The number of non-ortho nitro benzene ring substituents is 2. The Labute approximate surface area is 249 Å². The van der Waals surface area contributed by atoms with E-state index in [4.69, 9.17) is 0 Å². The van der Waals surface area contributed by atoms with E-state index < -0.39 is 5.41 Å². The lowest BCUT2D eigenvalue weighted by Gasteiger charge is -2.34. The third-order valence-corrected chi connectivity index (χ3v) is 10.1. The summed E-state index contributed by atoms with van der Waals surface area (Å²) in [6.07, 6.45) is 7.03. The summed E-state index contributed by atoms with van der Waals surface area (Å²) < 4.78 is 0. The van der Waals surface area contributed by atoms with Gasteiger partial charge in [0.05, 0.1) is 15.3 Å². The van der Waals surface area contributed by atoms with E-state index in [1.165, 1.54) is 12.8 Å². The maximum absolute atomic E-state index is 12.1. The van der Waals surface area contributed by atoms with E-state index in [0.717, 1.165) is 108 Å². The zero-order chi connectivity index (χ0) is 29.3. The topological polar surface area (TPSA) is 92.8 Å². The van der Waals surface area contributed by atoms with E-state index in [2.05, 4.69) is 46.2 Å². The van der Waals surface area contributed by atoms with Gasteiger partial charge in [0.25, 0.3) is 11.4 Å². The SMILES string of the molecule is O=[N+]([O-])c1ccc2c(c1)C1(c3cc(N4CCCCC4)ccc3-2)c2cc(N3CCCCC3)ccc2-c2ccc([N+](=O)[O-])cc21. The van der Waals surface area contributed by atoms with Crippen molar-refractivity contribution in [1.29, 1.82) is 0 Å². The van der Waals surface area contributed by atoms with Gasteiger partial charge in [0, 0.05) is 61.8 Å². The summed E-state index contributed by atoms with van der Waals surface area (Å²) in [6.45, 7) is 3.95. The summed E-state index contributed by atoms with van der Waals surface area (Å²) in [5.41, 5.74) is 9.07. The monoisotopic (exact) mass is 572 g/mol. The van der Waals surface area contributed by atoms with Crippen molar-refractivity contribution in [1.82, 2.24) is 0 Å². The Balaban J connectivity index is 1.46. The Bertz CT molecular complexity index is 1690. The van der Waals surface area contributed by atoms with E-state index in [1.54, 1.807) is 24.3 Å². The molecule has 8 rings (SSSR count). The molecular weight excluding hydrogens is 540 g/mol. The highest BCUT2D eigenvalue weighted by Gasteiger charge is 2.53. The Kier molecular flexibility index (Phi) is 5.83. The second kappa shape index (κ2) is 9.66. The highest BCUT2D eigenvalue weighted by atomic mass is 16.6. The summed E-state index contributed by atoms with van der Waals surface area (Å²) in [7, 11) is 0. The van der Waals surface area contributed by atoms with Gasteiger partial charge in [-0.25, -0.2) is 0 Å². The van der Waals surface area contributed by atoms with Crippen LogP contribution in [0.1, 0.15) is 60.8 Å². The third-order valence-electron chi connectivity index (χ3n) is 10.1. The molecule has 4 aliphatic rings. The average molecular weight is 573 g/mol. The van der Waals surface area contributed by atoms with Crippen LogP contribution in [-0.2, 0) is 5.41 Å². The van der Waals surface area contributed by atoms with Crippen LogP contribution in [0.3, 0.4) is 0 Å². The summed E-state index contributed by atoms with van der Waals surface area (Å²) in [4.78, 5) is 28.4. The Morgan fingerprint density at radius 2 is 0.837 bits per heavy atom. The fourth-order valence-corrected chi connectivity index (χ4v) is 8.10. The first-order chi connectivity index (χ1) is 21.0. The fraction of sp³-hybridized carbons (Fsp3) is 0.314. The Hall–Kier alpha value is -4.72. The highest BCUT2D eigenvalue weighted by Crippen LogP contribution is 2.64. The van der Waals surface area contributed by atoms with Crippen LogP contribution in [0.5, 0.6) is 0 Å². The van der Waals surface area contributed by atoms with E-state index in [9.17, 15) is 20.2 Å². The molecule has 0 N–H and O–H groups in total. The number of anilines is 2. The van der Waals surface area contributed by atoms with Crippen LogP contribution in [0.4, 0.5) is 22.7 Å². The molecule has 0 bridgehead atoms. The van der Waals surface area contributed by atoms with Gasteiger partial charge in [0.2, 0.25) is 0 Å². The zero-order valence-corrected chi connectivity index (χ0v) is 23.9. The van der Waals surface area contributed by atoms with Gasteiger partial charge >= 0.3 is 0 Å². The lowest BCUT2D eigenvalue weighted by atomic mass is 9.70. The van der Waals surface area contributed by atoms with Crippen molar-refractivity contribution < 1.29 is 9.85 Å². The number of rotatable bonds is 4. The largest absolute Gasteiger partial charge is 0.372 e. The molecule has 0 amide bonds. The smallest absolute Gasteiger partial charge is 0.269 e. The first-order valence-electron chi connectivity index (χ1n) is 15.3. The minimum absolute atomic E-state index is 0.0230. The summed E-state index contributed by atoms with van der Waals surface area (Å²) in [5.74, 6) is 0. The third kappa shape index (κ3) is 3.75. The molecule has 2 aliphatic carbocycles. The van der Waals surface area contributed by atoms with Gasteiger partial charge in [-0.3, -0.25) is 20.2 Å². The highest BCUT2D eigenvalue weighted by molar-refractivity contribution is 5.97. The molecule has 0 radical (unpaired) electrons. The first kappa shape index (κ1) is 25.9. The number of piperidine rings is 2. The van der Waals surface area contributed by atoms with Crippen LogP contribution in [0.25, 0.3) is 22.3 Å². The van der Waals surface area contributed by atoms with Crippen LogP contribution in [0, 0.1) is 20.2 Å². The zero-order valence-electron chi connectivity index (χ0n) is 23.9. The molecule has 4 aromatic carbocycles. The van der Waals surface area contributed by atoms with Crippen molar-refractivity contribution in [3.05, 3.63) is 115 Å². The van der Waals surface area contributed by atoms with Gasteiger partial charge in [0.15, 0.2) is 0 Å². The van der Waals surface area contributed by atoms with E-state index in [-0.39, 0.29) is 21.2 Å². The van der Waals surface area contributed by atoms with Gasteiger partial charge in [-0.1, -0.05) is 12.1 Å². The lowest BCUT2D eigenvalue weighted by Crippen LogP contribution is -2.31. The predicted molar refractivity (Wildman–Crippen MR) is 168 cm³/mol. The molecule has 0 atom stereocenters. The number of hydrogen-bond acceptors (Lipinski definition) is 6. The lowest BCUT2D eigenvalue weighted by molar-refractivity contribution is -0.385. The van der Waals surface area contributed by atoms with Crippen molar-refractivity contribution in [2.45, 2.75) is 43.9 Å². The van der Waals surface area contributed by atoms with Crippen molar-refractivity contribution in [2.24, 2.45) is 0 Å². The molecule has 1 spiro atoms. The van der Waals surface area contributed by atoms with Gasteiger partial charge in [-0.05, 0) is 119 Å².